The van der Waals surface area contributed by atoms with Gasteiger partial charge in [0, 0.05) is 18.3 Å². The van der Waals surface area contributed by atoms with Gasteiger partial charge < -0.3 is 10.3 Å². The molecule has 3 heteroatoms. The fraction of sp³-hybridized carbons (Fsp3) is 0.421. The Balaban J connectivity index is 2.11. The summed E-state index contributed by atoms with van der Waals surface area (Å²) in [7, 11) is 1.88. The number of aromatic nitrogens is 1. The second-order valence-corrected chi connectivity index (χ2v) is 6.48. The molecule has 0 spiro atoms. The van der Waals surface area contributed by atoms with Gasteiger partial charge in [0.2, 0.25) is 0 Å². The minimum absolute atomic E-state index is 0.0492. The van der Waals surface area contributed by atoms with Gasteiger partial charge in [0.1, 0.15) is 0 Å². The summed E-state index contributed by atoms with van der Waals surface area (Å²) in [6.07, 6.45) is 4.42. The number of fused-ring (bicyclic) bond motifs is 1. The van der Waals surface area contributed by atoms with Crippen LogP contribution in [0.25, 0.3) is 0 Å². The van der Waals surface area contributed by atoms with Crippen LogP contribution in [0.15, 0.2) is 29.1 Å². The van der Waals surface area contributed by atoms with Crippen LogP contribution in [0.4, 0.5) is 0 Å². The zero-order valence-corrected chi connectivity index (χ0v) is 13.6. The van der Waals surface area contributed by atoms with Gasteiger partial charge in [-0.1, -0.05) is 23.8 Å². The summed E-state index contributed by atoms with van der Waals surface area (Å²) in [5.74, 6) is 0. The summed E-state index contributed by atoms with van der Waals surface area (Å²) in [5, 5.41) is 0. The Morgan fingerprint density at radius 1 is 1.09 bits per heavy atom. The molecule has 0 fully saturated rings. The number of rotatable bonds is 2. The fourth-order valence-corrected chi connectivity index (χ4v) is 3.58. The van der Waals surface area contributed by atoms with E-state index in [1.54, 1.807) is 0 Å². The highest BCUT2D eigenvalue weighted by atomic mass is 16.1. The molecule has 0 saturated carbocycles. The lowest BCUT2D eigenvalue weighted by molar-refractivity contribution is 0.614. The topological polar surface area (TPSA) is 48.0 Å². The van der Waals surface area contributed by atoms with Crippen molar-refractivity contribution >= 4 is 0 Å². The smallest absolute Gasteiger partial charge is 0.255 e. The third kappa shape index (κ3) is 2.50. The van der Waals surface area contributed by atoms with Crippen molar-refractivity contribution in [3.8, 4) is 0 Å². The lowest BCUT2D eigenvalue weighted by Gasteiger charge is -2.23. The number of hydrogen-bond acceptors (Lipinski definition) is 2. The van der Waals surface area contributed by atoms with E-state index in [1.165, 1.54) is 29.7 Å². The molecular formula is C19H24N2O. The highest BCUT2D eigenvalue weighted by Crippen LogP contribution is 2.26. The predicted molar refractivity (Wildman–Crippen MR) is 90.3 cm³/mol. The first-order valence-corrected chi connectivity index (χ1v) is 8.03. The molecular weight excluding hydrogens is 272 g/mol. The molecule has 116 valence electrons. The van der Waals surface area contributed by atoms with Crippen molar-refractivity contribution < 1.29 is 0 Å². The second kappa shape index (κ2) is 5.73. The van der Waals surface area contributed by atoms with Crippen LogP contribution in [0.5, 0.6) is 0 Å². The van der Waals surface area contributed by atoms with Crippen molar-refractivity contribution in [3.05, 3.63) is 68.1 Å². The van der Waals surface area contributed by atoms with Crippen molar-refractivity contribution in [2.24, 2.45) is 12.8 Å². The van der Waals surface area contributed by atoms with Gasteiger partial charge >= 0.3 is 0 Å². The van der Waals surface area contributed by atoms with Crippen LogP contribution in [0, 0.1) is 13.8 Å². The first kappa shape index (κ1) is 15.0. The first-order chi connectivity index (χ1) is 10.5. The molecule has 0 aliphatic heterocycles. The molecule has 1 aromatic carbocycles. The van der Waals surface area contributed by atoms with Crippen LogP contribution in [0.1, 0.15) is 52.4 Å². The predicted octanol–water partition coefficient (Wildman–Crippen LogP) is 2.93. The summed E-state index contributed by atoms with van der Waals surface area (Å²) >= 11 is 0. The molecule has 1 aliphatic rings. The van der Waals surface area contributed by atoms with Crippen LogP contribution >= 0.6 is 0 Å². The number of hydrogen-bond donors (Lipinski definition) is 1. The lowest BCUT2D eigenvalue weighted by atomic mass is 9.90. The molecule has 2 N–H and O–H groups in total. The molecule has 0 bridgehead atoms. The Morgan fingerprint density at radius 2 is 1.82 bits per heavy atom. The molecule has 2 aromatic rings. The molecule has 1 aliphatic carbocycles. The van der Waals surface area contributed by atoms with E-state index >= 15 is 0 Å². The SMILES string of the molecule is Cc1ccc(C(N)c2cc3c(n(C)c2=O)CCCC3)c(C)c1. The van der Waals surface area contributed by atoms with Gasteiger partial charge in [-0.15, -0.1) is 0 Å². The third-order valence-electron chi connectivity index (χ3n) is 4.86. The normalized spacial score (nSPS) is 15.5. The van der Waals surface area contributed by atoms with Crippen molar-refractivity contribution in [1.82, 2.24) is 4.57 Å². The lowest BCUT2D eigenvalue weighted by Crippen LogP contribution is -2.31. The van der Waals surface area contributed by atoms with Gasteiger partial charge in [-0.2, -0.15) is 0 Å². The molecule has 0 radical (unpaired) electrons. The summed E-state index contributed by atoms with van der Waals surface area (Å²) in [6, 6.07) is 7.93. The number of benzene rings is 1. The van der Waals surface area contributed by atoms with Gasteiger partial charge in [0.25, 0.3) is 5.56 Å². The Labute approximate surface area is 131 Å². The van der Waals surface area contributed by atoms with Crippen LogP contribution in [0.3, 0.4) is 0 Å². The number of nitrogens with zero attached hydrogens (tertiary/aromatic N) is 1. The van der Waals surface area contributed by atoms with Gasteiger partial charge in [0.05, 0.1) is 6.04 Å². The van der Waals surface area contributed by atoms with Gasteiger partial charge in [-0.3, -0.25) is 4.79 Å². The van der Waals surface area contributed by atoms with Gasteiger partial charge in [0.15, 0.2) is 0 Å². The molecule has 1 aromatic heterocycles. The monoisotopic (exact) mass is 296 g/mol. The molecule has 3 nitrogen and oxygen atoms in total. The van der Waals surface area contributed by atoms with E-state index in [9.17, 15) is 4.79 Å². The number of aryl methyl sites for hydroxylation is 3. The van der Waals surface area contributed by atoms with Crippen LogP contribution in [-0.4, -0.2) is 4.57 Å². The Morgan fingerprint density at radius 3 is 2.55 bits per heavy atom. The molecule has 1 heterocycles. The fourth-order valence-electron chi connectivity index (χ4n) is 3.58. The van der Waals surface area contributed by atoms with E-state index in [4.69, 9.17) is 5.73 Å². The highest BCUT2D eigenvalue weighted by molar-refractivity contribution is 5.40. The molecule has 1 atom stereocenters. The van der Waals surface area contributed by atoms with E-state index in [-0.39, 0.29) is 11.6 Å². The van der Waals surface area contributed by atoms with Crippen molar-refractivity contribution in [1.29, 1.82) is 0 Å². The van der Waals surface area contributed by atoms with Crippen LogP contribution in [-0.2, 0) is 19.9 Å². The molecule has 0 amide bonds. The Kier molecular flexibility index (Phi) is 3.92. The van der Waals surface area contributed by atoms with Gasteiger partial charge in [-0.25, -0.2) is 0 Å². The quantitative estimate of drug-likeness (QED) is 0.926. The standard InChI is InChI=1S/C19H24N2O/c1-12-8-9-15(13(2)10-12)18(20)16-11-14-6-4-5-7-17(14)21(3)19(16)22/h8-11,18H,4-7,20H2,1-3H3. The maximum absolute atomic E-state index is 12.7. The molecule has 1 unspecified atom stereocenters. The van der Waals surface area contributed by atoms with Crippen molar-refractivity contribution in [2.75, 3.05) is 0 Å². The second-order valence-electron chi connectivity index (χ2n) is 6.48. The minimum atomic E-state index is -0.355. The summed E-state index contributed by atoms with van der Waals surface area (Å²) in [4.78, 5) is 12.7. The zero-order valence-electron chi connectivity index (χ0n) is 13.6. The van der Waals surface area contributed by atoms with Crippen LogP contribution in [0.2, 0.25) is 0 Å². The Bertz CT molecular complexity index is 774. The molecule has 0 saturated heterocycles. The third-order valence-corrected chi connectivity index (χ3v) is 4.86. The maximum Gasteiger partial charge on any atom is 0.255 e. The highest BCUT2D eigenvalue weighted by Gasteiger charge is 2.21. The average Bonchev–Trinajstić information content (AvgIpc) is 2.50. The summed E-state index contributed by atoms with van der Waals surface area (Å²) < 4.78 is 1.81. The largest absolute Gasteiger partial charge is 0.320 e. The van der Waals surface area contributed by atoms with Crippen molar-refractivity contribution in [2.45, 2.75) is 45.6 Å². The first-order valence-electron chi connectivity index (χ1n) is 8.03. The maximum atomic E-state index is 12.7. The molecule has 3 rings (SSSR count). The van der Waals surface area contributed by atoms with Gasteiger partial charge in [-0.05, 0) is 62.3 Å². The van der Waals surface area contributed by atoms with E-state index < -0.39 is 0 Å². The number of nitrogens with two attached hydrogens (primary N) is 1. The van der Waals surface area contributed by atoms with E-state index in [1.807, 2.05) is 17.7 Å². The molecule has 22 heavy (non-hydrogen) atoms. The van der Waals surface area contributed by atoms with E-state index in [2.05, 4.69) is 32.0 Å². The van der Waals surface area contributed by atoms with Crippen molar-refractivity contribution in [3.63, 3.8) is 0 Å². The zero-order chi connectivity index (χ0) is 15.9. The average molecular weight is 296 g/mol. The van der Waals surface area contributed by atoms with Crippen LogP contribution < -0.4 is 11.3 Å². The summed E-state index contributed by atoms with van der Waals surface area (Å²) in [5.41, 5.74) is 13.1. The van der Waals surface area contributed by atoms with E-state index in [0.29, 0.717) is 0 Å². The number of pyridine rings is 1. The minimum Gasteiger partial charge on any atom is -0.320 e. The summed E-state index contributed by atoms with van der Waals surface area (Å²) in [6.45, 7) is 4.13. The Hall–Kier alpha value is -1.87. The van der Waals surface area contributed by atoms with E-state index in [0.717, 1.165) is 29.5 Å².